The second-order valence-electron chi connectivity index (χ2n) is 5.29. The number of pyridine rings is 2. The van der Waals surface area contributed by atoms with Crippen molar-refractivity contribution in [2.75, 3.05) is 27.4 Å². The molecule has 0 saturated carbocycles. The number of hydrogen-bond donors (Lipinski definition) is 0. The van der Waals surface area contributed by atoms with E-state index in [1.807, 2.05) is 12.4 Å². The molecule has 118 valence electrons. The fourth-order valence-corrected chi connectivity index (χ4v) is 2.38. The van der Waals surface area contributed by atoms with E-state index in [2.05, 4.69) is 34.2 Å². The van der Waals surface area contributed by atoms with Gasteiger partial charge in [-0.15, -0.1) is 0 Å². The molecule has 2 aromatic rings. The van der Waals surface area contributed by atoms with Crippen LogP contribution in [0.5, 0.6) is 0 Å². The highest BCUT2D eigenvalue weighted by atomic mass is 16.5. The Balaban J connectivity index is 2.07. The lowest BCUT2D eigenvalue weighted by Gasteiger charge is -2.06. The quantitative estimate of drug-likeness (QED) is 0.667. The average molecular weight is 300 g/mol. The summed E-state index contributed by atoms with van der Waals surface area (Å²) in [5.41, 5.74) is 4.41. The smallest absolute Gasteiger partial charge is 0.0888 e. The number of methoxy groups -OCH3 is 2. The summed E-state index contributed by atoms with van der Waals surface area (Å²) < 4.78 is 10.2. The van der Waals surface area contributed by atoms with Crippen LogP contribution in [0, 0.1) is 0 Å². The molecule has 2 heterocycles. The molecule has 0 aromatic carbocycles. The number of hydrogen-bond acceptors (Lipinski definition) is 4. The van der Waals surface area contributed by atoms with Crippen molar-refractivity contribution < 1.29 is 9.47 Å². The van der Waals surface area contributed by atoms with Crippen molar-refractivity contribution in [3.63, 3.8) is 0 Å². The Morgan fingerprint density at radius 2 is 1.23 bits per heavy atom. The fraction of sp³-hybridized carbons (Fsp3) is 0.444. The van der Waals surface area contributed by atoms with Gasteiger partial charge in [-0.25, -0.2) is 0 Å². The first-order chi connectivity index (χ1) is 10.8. The summed E-state index contributed by atoms with van der Waals surface area (Å²) in [5.74, 6) is 0. The van der Waals surface area contributed by atoms with Crippen molar-refractivity contribution in [3.8, 4) is 11.4 Å². The second-order valence-corrected chi connectivity index (χ2v) is 5.29. The van der Waals surface area contributed by atoms with Gasteiger partial charge in [0.1, 0.15) is 0 Å². The highest BCUT2D eigenvalue weighted by molar-refractivity contribution is 5.55. The maximum absolute atomic E-state index is 5.10. The van der Waals surface area contributed by atoms with Crippen LogP contribution in [0.3, 0.4) is 0 Å². The summed E-state index contributed by atoms with van der Waals surface area (Å²) >= 11 is 0. The minimum Gasteiger partial charge on any atom is -0.385 e. The van der Waals surface area contributed by atoms with Crippen LogP contribution < -0.4 is 0 Å². The van der Waals surface area contributed by atoms with Crippen LogP contribution in [0.4, 0.5) is 0 Å². The first-order valence-corrected chi connectivity index (χ1v) is 7.71. The Hall–Kier alpha value is -1.78. The Morgan fingerprint density at radius 3 is 1.64 bits per heavy atom. The molecule has 0 amide bonds. The number of aromatic nitrogens is 2. The summed E-state index contributed by atoms with van der Waals surface area (Å²) in [6.07, 6.45) is 7.75. The third-order valence-corrected chi connectivity index (χ3v) is 3.54. The molecule has 0 atom stereocenters. The van der Waals surface area contributed by atoms with Crippen LogP contribution in [0.2, 0.25) is 0 Å². The van der Waals surface area contributed by atoms with Crippen molar-refractivity contribution in [2.24, 2.45) is 0 Å². The fourth-order valence-electron chi connectivity index (χ4n) is 2.38. The normalized spacial score (nSPS) is 10.8. The molecule has 0 bridgehead atoms. The van der Waals surface area contributed by atoms with Crippen LogP contribution in [-0.4, -0.2) is 37.4 Å². The van der Waals surface area contributed by atoms with E-state index < -0.39 is 0 Å². The monoisotopic (exact) mass is 300 g/mol. The van der Waals surface area contributed by atoms with Crippen molar-refractivity contribution in [1.29, 1.82) is 0 Å². The Kier molecular flexibility index (Phi) is 7.00. The van der Waals surface area contributed by atoms with Crippen LogP contribution in [0.15, 0.2) is 36.7 Å². The highest BCUT2D eigenvalue weighted by Crippen LogP contribution is 2.18. The van der Waals surface area contributed by atoms with Gasteiger partial charge in [-0.3, -0.25) is 9.97 Å². The van der Waals surface area contributed by atoms with E-state index in [-0.39, 0.29) is 0 Å². The van der Waals surface area contributed by atoms with Gasteiger partial charge >= 0.3 is 0 Å². The van der Waals surface area contributed by atoms with Gasteiger partial charge in [-0.1, -0.05) is 0 Å². The largest absolute Gasteiger partial charge is 0.385 e. The number of ether oxygens (including phenoxy) is 2. The van der Waals surface area contributed by atoms with Crippen LogP contribution >= 0.6 is 0 Å². The summed E-state index contributed by atoms with van der Waals surface area (Å²) in [6.45, 7) is 1.57. The maximum atomic E-state index is 5.10. The van der Waals surface area contributed by atoms with E-state index in [0.717, 1.165) is 50.3 Å². The van der Waals surface area contributed by atoms with Gasteiger partial charge in [0, 0.05) is 39.8 Å². The van der Waals surface area contributed by atoms with E-state index in [1.54, 1.807) is 14.2 Å². The molecule has 0 aliphatic carbocycles. The molecular formula is C18H24N2O2. The molecule has 2 aromatic heterocycles. The lowest BCUT2D eigenvalue weighted by atomic mass is 10.1. The molecule has 0 aliphatic rings. The van der Waals surface area contributed by atoms with Gasteiger partial charge in [0.25, 0.3) is 0 Å². The van der Waals surface area contributed by atoms with E-state index in [9.17, 15) is 0 Å². The van der Waals surface area contributed by atoms with E-state index in [0.29, 0.717) is 0 Å². The lowest BCUT2D eigenvalue weighted by molar-refractivity contribution is 0.195. The van der Waals surface area contributed by atoms with Crippen molar-refractivity contribution in [3.05, 3.63) is 47.8 Å². The third-order valence-electron chi connectivity index (χ3n) is 3.54. The Morgan fingerprint density at radius 1 is 0.773 bits per heavy atom. The molecule has 2 rings (SSSR count). The van der Waals surface area contributed by atoms with Gasteiger partial charge in [-0.2, -0.15) is 0 Å². The first kappa shape index (κ1) is 16.6. The summed E-state index contributed by atoms with van der Waals surface area (Å²) in [4.78, 5) is 8.91. The first-order valence-electron chi connectivity index (χ1n) is 7.71. The molecule has 22 heavy (non-hydrogen) atoms. The predicted molar refractivity (Wildman–Crippen MR) is 87.9 cm³/mol. The number of rotatable bonds is 9. The zero-order valence-electron chi connectivity index (χ0n) is 13.4. The zero-order valence-corrected chi connectivity index (χ0v) is 13.4. The van der Waals surface area contributed by atoms with Gasteiger partial charge < -0.3 is 9.47 Å². The third kappa shape index (κ3) is 5.20. The van der Waals surface area contributed by atoms with Crippen LogP contribution in [-0.2, 0) is 22.3 Å². The molecule has 0 spiro atoms. The molecule has 4 nitrogen and oxygen atoms in total. The highest BCUT2D eigenvalue weighted by Gasteiger charge is 2.04. The standard InChI is InChI=1S/C18H24N2O2/c1-21-11-3-5-15-7-9-19-17(13-15)18-14-16(8-10-20-18)6-4-12-22-2/h7-10,13-14H,3-6,11-12H2,1-2H3. The molecule has 0 unspecified atom stereocenters. The molecule has 0 aliphatic heterocycles. The zero-order chi connectivity index (χ0) is 15.6. The molecule has 0 radical (unpaired) electrons. The predicted octanol–water partition coefficient (Wildman–Crippen LogP) is 3.30. The molecule has 0 fully saturated rings. The lowest BCUT2D eigenvalue weighted by Crippen LogP contribution is -1.96. The van der Waals surface area contributed by atoms with Gasteiger partial charge in [-0.05, 0) is 61.1 Å². The van der Waals surface area contributed by atoms with Crippen molar-refractivity contribution in [2.45, 2.75) is 25.7 Å². The molecule has 0 N–H and O–H groups in total. The van der Waals surface area contributed by atoms with Crippen LogP contribution in [0.25, 0.3) is 11.4 Å². The van der Waals surface area contributed by atoms with E-state index >= 15 is 0 Å². The second kappa shape index (κ2) is 9.28. The van der Waals surface area contributed by atoms with Gasteiger partial charge in [0.2, 0.25) is 0 Å². The van der Waals surface area contributed by atoms with E-state index in [1.165, 1.54) is 11.1 Å². The van der Waals surface area contributed by atoms with Gasteiger partial charge in [0.05, 0.1) is 11.4 Å². The van der Waals surface area contributed by atoms with Crippen LogP contribution in [0.1, 0.15) is 24.0 Å². The molecule has 4 heteroatoms. The summed E-state index contributed by atoms with van der Waals surface area (Å²) in [7, 11) is 3.47. The number of aryl methyl sites for hydroxylation is 2. The Bertz CT molecular complexity index is 521. The topological polar surface area (TPSA) is 44.2 Å². The summed E-state index contributed by atoms with van der Waals surface area (Å²) in [5, 5.41) is 0. The number of nitrogens with zero attached hydrogens (tertiary/aromatic N) is 2. The van der Waals surface area contributed by atoms with Crippen molar-refractivity contribution >= 4 is 0 Å². The maximum Gasteiger partial charge on any atom is 0.0888 e. The minimum atomic E-state index is 0.783. The molecule has 0 saturated heterocycles. The SMILES string of the molecule is COCCCc1ccnc(-c2cc(CCCOC)ccn2)c1. The van der Waals surface area contributed by atoms with E-state index in [4.69, 9.17) is 9.47 Å². The van der Waals surface area contributed by atoms with Crippen molar-refractivity contribution in [1.82, 2.24) is 9.97 Å². The summed E-state index contributed by atoms with van der Waals surface area (Å²) in [6, 6.07) is 8.36. The Labute approximate surface area is 132 Å². The molecular weight excluding hydrogens is 276 g/mol. The average Bonchev–Trinajstić information content (AvgIpc) is 2.56. The van der Waals surface area contributed by atoms with Gasteiger partial charge in [0.15, 0.2) is 0 Å². The minimum absolute atomic E-state index is 0.783.